The van der Waals surface area contributed by atoms with Crippen molar-refractivity contribution in [1.82, 2.24) is 10.6 Å². The molecule has 6 nitrogen and oxygen atoms in total. The van der Waals surface area contributed by atoms with Crippen LogP contribution in [0.5, 0.6) is 0 Å². The van der Waals surface area contributed by atoms with Gasteiger partial charge in [-0.2, -0.15) is 0 Å². The van der Waals surface area contributed by atoms with Gasteiger partial charge >= 0.3 is 12.0 Å². The third-order valence-corrected chi connectivity index (χ3v) is 3.73. The summed E-state index contributed by atoms with van der Waals surface area (Å²) in [5.74, 6) is -0.547. The van der Waals surface area contributed by atoms with Crippen molar-refractivity contribution in [3.63, 3.8) is 0 Å². The van der Waals surface area contributed by atoms with Gasteiger partial charge in [-0.25, -0.2) is 4.79 Å². The van der Waals surface area contributed by atoms with Gasteiger partial charge in [-0.1, -0.05) is 26.7 Å². The topological polar surface area (TPSA) is 87.7 Å². The molecule has 1 aliphatic rings. The Labute approximate surface area is 126 Å². The first kappa shape index (κ1) is 17.8. The van der Waals surface area contributed by atoms with Crippen LogP contribution in [-0.2, 0) is 9.53 Å². The van der Waals surface area contributed by atoms with Crippen molar-refractivity contribution in [2.45, 2.75) is 39.5 Å². The summed E-state index contributed by atoms with van der Waals surface area (Å²) in [4.78, 5) is 22.8. The third kappa shape index (κ3) is 7.32. The second-order valence-corrected chi connectivity index (χ2v) is 6.09. The number of carbonyl (C=O) groups excluding carboxylic acids is 1. The Morgan fingerprint density at radius 3 is 2.62 bits per heavy atom. The van der Waals surface area contributed by atoms with Crippen LogP contribution in [0, 0.1) is 17.8 Å². The zero-order chi connectivity index (χ0) is 15.7. The second kappa shape index (κ2) is 9.60. The normalized spacial score (nSPS) is 22.0. The highest BCUT2D eigenvalue weighted by Crippen LogP contribution is 2.29. The highest BCUT2D eigenvalue weighted by atomic mass is 16.5. The average Bonchev–Trinajstić information content (AvgIpc) is 2.44. The van der Waals surface area contributed by atoms with Crippen molar-refractivity contribution in [2.75, 3.05) is 26.3 Å². The molecule has 0 radical (unpaired) electrons. The Bertz CT molecular complexity index is 334. The zero-order valence-electron chi connectivity index (χ0n) is 13.1. The van der Waals surface area contributed by atoms with E-state index in [4.69, 9.17) is 4.74 Å². The summed E-state index contributed by atoms with van der Waals surface area (Å²) in [6, 6.07) is -0.252. The summed E-state index contributed by atoms with van der Waals surface area (Å²) in [6.07, 6.45) is 3.59. The van der Waals surface area contributed by atoms with Crippen molar-refractivity contribution >= 4 is 12.0 Å². The first-order valence-electron chi connectivity index (χ1n) is 7.83. The maximum Gasteiger partial charge on any atom is 0.314 e. The smallest absolute Gasteiger partial charge is 0.314 e. The predicted molar refractivity (Wildman–Crippen MR) is 80.1 cm³/mol. The van der Waals surface area contributed by atoms with Gasteiger partial charge in [0.05, 0.1) is 12.5 Å². The fourth-order valence-corrected chi connectivity index (χ4v) is 2.62. The molecule has 3 N–H and O–H groups in total. The molecule has 0 aromatic heterocycles. The Morgan fingerprint density at radius 1 is 1.24 bits per heavy atom. The third-order valence-electron chi connectivity index (χ3n) is 3.73. The Morgan fingerprint density at radius 2 is 1.95 bits per heavy atom. The van der Waals surface area contributed by atoms with Gasteiger partial charge in [0.2, 0.25) is 0 Å². The van der Waals surface area contributed by atoms with Gasteiger partial charge in [-0.15, -0.1) is 0 Å². The maximum atomic E-state index is 11.6. The number of amides is 2. The summed E-state index contributed by atoms with van der Waals surface area (Å²) < 4.78 is 5.37. The fourth-order valence-electron chi connectivity index (χ4n) is 2.62. The molecular formula is C15H28N2O4. The SMILES string of the molecule is CC(C)COCCNC(=O)NCC1CCCCC1C(=O)O. The van der Waals surface area contributed by atoms with Crippen molar-refractivity contribution in [1.29, 1.82) is 0 Å². The van der Waals surface area contributed by atoms with Crippen LogP contribution in [0.4, 0.5) is 4.79 Å². The largest absolute Gasteiger partial charge is 0.481 e. The zero-order valence-corrected chi connectivity index (χ0v) is 13.1. The number of hydrogen-bond acceptors (Lipinski definition) is 3. The molecule has 122 valence electrons. The lowest BCUT2D eigenvalue weighted by Crippen LogP contribution is -2.42. The summed E-state index contributed by atoms with van der Waals surface area (Å²) in [6.45, 7) is 6.21. The number of ether oxygens (including phenoxy) is 1. The van der Waals surface area contributed by atoms with Crippen molar-refractivity contribution < 1.29 is 19.4 Å². The molecule has 1 aliphatic carbocycles. The molecule has 0 aromatic rings. The molecule has 2 atom stereocenters. The number of nitrogens with one attached hydrogen (secondary N) is 2. The van der Waals surface area contributed by atoms with E-state index in [9.17, 15) is 14.7 Å². The van der Waals surface area contributed by atoms with Crippen molar-refractivity contribution in [3.05, 3.63) is 0 Å². The molecule has 1 rings (SSSR count). The van der Waals surface area contributed by atoms with E-state index in [1.54, 1.807) is 0 Å². The molecular weight excluding hydrogens is 272 g/mol. The van der Waals surface area contributed by atoms with Crippen molar-refractivity contribution in [3.8, 4) is 0 Å². The number of rotatable bonds is 8. The highest BCUT2D eigenvalue weighted by Gasteiger charge is 2.30. The Balaban J connectivity index is 2.15. The van der Waals surface area contributed by atoms with E-state index in [-0.39, 0.29) is 17.9 Å². The molecule has 0 aromatic carbocycles. The Kier molecular flexibility index (Phi) is 8.12. The lowest BCUT2D eigenvalue weighted by molar-refractivity contribution is -0.144. The van der Waals surface area contributed by atoms with Crippen LogP contribution in [0.2, 0.25) is 0 Å². The number of aliphatic carboxylic acids is 1. The summed E-state index contributed by atoms with van der Waals surface area (Å²) in [5, 5.41) is 14.7. The van der Waals surface area contributed by atoms with E-state index >= 15 is 0 Å². The van der Waals surface area contributed by atoms with Crippen LogP contribution >= 0.6 is 0 Å². The number of carboxylic acid groups (broad SMARTS) is 1. The molecule has 0 bridgehead atoms. The maximum absolute atomic E-state index is 11.6. The number of carbonyl (C=O) groups is 2. The van der Waals surface area contributed by atoms with Crippen LogP contribution in [0.15, 0.2) is 0 Å². The lowest BCUT2D eigenvalue weighted by atomic mass is 9.79. The van der Waals surface area contributed by atoms with Crippen molar-refractivity contribution in [2.24, 2.45) is 17.8 Å². The summed E-state index contributed by atoms with van der Waals surface area (Å²) in [5.41, 5.74) is 0. The van der Waals surface area contributed by atoms with E-state index in [0.717, 1.165) is 19.3 Å². The van der Waals surface area contributed by atoms with Gasteiger partial charge in [0, 0.05) is 19.7 Å². The van der Waals surface area contributed by atoms with Crippen LogP contribution in [-0.4, -0.2) is 43.4 Å². The molecule has 2 amide bonds. The van der Waals surface area contributed by atoms with Crippen LogP contribution < -0.4 is 10.6 Å². The number of hydrogen-bond donors (Lipinski definition) is 3. The average molecular weight is 300 g/mol. The molecule has 0 saturated heterocycles. The molecule has 1 saturated carbocycles. The van der Waals surface area contributed by atoms with Gasteiger partial charge in [0.25, 0.3) is 0 Å². The molecule has 0 spiro atoms. The minimum atomic E-state index is -0.746. The van der Waals surface area contributed by atoms with Crippen LogP contribution in [0.1, 0.15) is 39.5 Å². The highest BCUT2D eigenvalue weighted by molar-refractivity contribution is 5.74. The number of carboxylic acids is 1. The lowest BCUT2D eigenvalue weighted by Gasteiger charge is -2.28. The minimum absolute atomic E-state index is 0.0409. The second-order valence-electron chi connectivity index (χ2n) is 6.09. The molecule has 1 fully saturated rings. The van der Waals surface area contributed by atoms with Gasteiger partial charge in [0.15, 0.2) is 0 Å². The minimum Gasteiger partial charge on any atom is -0.481 e. The number of urea groups is 1. The molecule has 0 aliphatic heterocycles. The van der Waals surface area contributed by atoms with E-state index < -0.39 is 5.97 Å². The van der Waals surface area contributed by atoms with E-state index in [2.05, 4.69) is 24.5 Å². The summed E-state index contributed by atoms with van der Waals surface area (Å²) in [7, 11) is 0. The van der Waals surface area contributed by atoms with E-state index in [1.165, 1.54) is 0 Å². The summed E-state index contributed by atoms with van der Waals surface area (Å²) >= 11 is 0. The van der Waals surface area contributed by atoms with Crippen LogP contribution in [0.25, 0.3) is 0 Å². The van der Waals surface area contributed by atoms with Crippen LogP contribution in [0.3, 0.4) is 0 Å². The standard InChI is InChI=1S/C15H28N2O4/c1-11(2)10-21-8-7-16-15(20)17-9-12-5-3-4-6-13(12)14(18)19/h11-13H,3-10H2,1-2H3,(H,18,19)(H2,16,17,20). The quantitative estimate of drug-likeness (QED) is 0.597. The molecule has 0 heterocycles. The van der Waals surface area contributed by atoms with Gasteiger partial charge in [0.1, 0.15) is 0 Å². The molecule has 6 heteroatoms. The monoisotopic (exact) mass is 300 g/mol. The first-order chi connectivity index (χ1) is 10.0. The van der Waals surface area contributed by atoms with Gasteiger partial charge < -0.3 is 20.5 Å². The molecule has 2 unspecified atom stereocenters. The van der Waals surface area contributed by atoms with E-state index in [1.807, 2.05) is 0 Å². The van der Waals surface area contributed by atoms with Gasteiger partial charge in [-0.3, -0.25) is 4.79 Å². The Hall–Kier alpha value is -1.30. The predicted octanol–water partition coefficient (Wildman–Crippen LogP) is 1.85. The van der Waals surface area contributed by atoms with Gasteiger partial charge in [-0.05, 0) is 24.7 Å². The molecule has 21 heavy (non-hydrogen) atoms. The van der Waals surface area contributed by atoms with E-state index in [0.29, 0.717) is 38.6 Å². The fraction of sp³-hybridized carbons (Fsp3) is 0.867. The first-order valence-corrected chi connectivity index (χ1v) is 7.83.